The van der Waals surface area contributed by atoms with Gasteiger partial charge in [-0.25, -0.2) is 0 Å². The Hall–Kier alpha value is -2.93. The van der Waals surface area contributed by atoms with Crippen molar-refractivity contribution in [3.63, 3.8) is 0 Å². The molecule has 1 aliphatic heterocycles. The summed E-state index contributed by atoms with van der Waals surface area (Å²) in [5, 5.41) is 14.2. The van der Waals surface area contributed by atoms with Crippen molar-refractivity contribution >= 4 is 40.5 Å². The number of non-ortho nitro benzene ring substituents is 1. The van der Waals surface area contributed by atoms with E-state index in [-0.39, 0.29) is 30.5 Å². The maximum atomic E-state index is 12.4. The summed E-state index contributed by atoms with van der Waals surface area (Å²) in [7, 11) is 0. The number of fused-ring (bicyclic) bond motifs is 1. The van der Waals surface area contributed by atoms with Crippen LogP contribution < -0.4 is 10.2 Å². The Morgan fingerprint density at radius 3 is 2.73 bits per heavy atom. The number of nitrogens with one attached hydrogen (secondary N) is 1. The molecule has 1 N–H and O–H groups in total. The molecular formula is C18H16ClN3O4. The number of anilines is 2. The number of hydrogen-bond donors (Lipinski definition) is 1. The van der Waals surface area contributed by atoms with Crippen LogP contribution in [0.25, 0.3) is 0 Å². The number of nitro groups is 1. The highest BCUT2D eigenvalue weighted by Gasteiger charge is 2.27. The average molecular weight is 374 g/mol. The van der Waals surface area contributed by atoms with Crippen LogP contribution in [0, 0.1) is 17.0 Å². The van der Waals surface area contributed by atoms with Gasteiger partial charge < -0.3 is 10.2 Å². The Kier molecular flexibility index (Phi) is 4.90. The van der Waals surface area contributed by atoms with Gasteiger partial charge in [0.05, 0.1) is 4.92 Å². The number of hydrogen-bond acceptors (Lipinski definition) is 4. The number of rotatable bonds is 4. The molecule has 2 aromatic carbocycles. The molecule has 2 amide bonds. The fourth-order valence-electron chi connectivity index (χ4n) is 2.85. The van der Waals surface area contributed by atoms with Gasteiger partial charge in [0.25, 0.3) is 5.69 Å². The van der Waals surface area contributed by atoms with Crippen LogP contribution in [0.2, 0.25) is 5.02 Å². The van der Waals surface area contributed by atoms with Crippen molar-refractivity contribution in [2.75, 3.05) is 16.8 Å². The number of benzene rings is 2. The van der Waals surface area contributed by atoms with E-state index in [4.69, 9.17) is 11.6 Å². The first-order valence-electron chi connectivity index (χ1n) is 7.99. The van der Waals surface area contributed by atoms with Gasteiger partial charge in [0, 0.05) is 35.0 Å². The third-order valence-corrected chi connectivity index (χ3v) is 4.64. The highest BCUT2D eigenvalue weighted by atomic mass is 35.5. The van der Waals surface area contributed by atoms with Crippen molar-refractivity contribution in [2.45, 2.75) is 19.8 Å². The lowest BCUT2D eigenvalue weighted by atomic mass is 10.0. The maximum absolute atomic E-state index is 12.4. The maximum Gasteiger partial charge on any atom is 0.269 e. The van der Waals surface area contributed by atoms with Gasteiger partial charge in [-0.1, -0.05) is 17.7 Å². The van der Waals surface area contributed by atoms with Crippen LogP contribution in [0.3, 0.4) is 0 Å². The first-order chi connectivity index (χ1) is 12.3. The second-order valence-electron chi connectivity index (χ2n) is 6.06. The number of aryl methyl sites for hydroxylation is 2. The molecule has 0 bridgehead atoms. The number of amides is 2. The first kappa shape index (κ1) is 17.9. The van der Waals surface area contributed by atoms with Crippen molar-refractivity contribution in [3.05, 3.63) is 62.7 Å². The van der Waals surface area contributed by atoms with Crippen molar-refractivity contribution in [2.24, 2.45) is 0 Å². The van der Waals surface area contributed by atoms with E-state index in [1.807, 2.05) is 6.92 Å². The van der Waals surface area contributed by atoms with Crippen molar-refractivity contribution in [1.29, 1.82) is 0 Å². The van der Waals surface area contributed by atoms with Crippen molar-refractivity contribution < 1.29 is 14.5 Å². The molecule has 0 radical (unpaired) electrons. The third-order valence-electron chi connectivity index (χ3n) is 4.23. The molecule has 0 aromatic heterocycles. The van der Waals surface area contributed by atoms with E-state index in [1.54, 1.807) is 18.2 Å². The van der Waals surface area contributed by atoms with Crippen LogP contribution in [-0.4, -0.2) is 23.3 Å². The zero-order valence-corrected chi connectivity index (χ0v) is 14.7. The van der Waals surface area contributed by atoms with Gasteiger partial charge in [-0.3, -0.25) is 19.7 Å². The summed E-state index contributed by atoms with van der Waals surface area (Å²) in [6.45, 7) is 1.69. The number of carbonyl (C=O) groups excluding carboxylic acids is 2. The first-order valence-corrected chi connectivity index (χ1v) is 8.36. The van der Waals surface area contributed by atoms with E-state index >= 15 is 0 Å². The molecule has 1 heterocycles. The summed E-state index contributed by atoms with van der Waals surface area (Å²) in [5.74, 6) is -0.562. The summed E-state index contributed by atoms with van der Waals surface area (Å²) in [4.78, 5) is 36.4. The predicted octanol–water partition coefficient (Wildman–Crippen LogP) is 3.47. The van der Waals surface area contributed by atoms with E-state index in [0.717, 1.165) is 5.56 Å². The standard InChI is InChI=1S/C18H16ClN3O4/c1-11-2-4-13(9-15(11)19)20-17(23)10-21-16-6-5-14(22(25)26)8-12(16)3-7-18(21)24/h2,4-6,8-9H,3,7,10H2,1H3,(H,20,23). The molecule has 3 rings (SSSR count). The number of nitro benzene ring substituents is 1. The Bertz CT molecular complexity index is 913. The Morgan fingerprint density at radius 1 is 1.27 bits per heavy atom. The van der Waals surface area contributed by atoms with Crippen LogP contribution in [0.15, 0.2) is 36.4 Å². The van der Waals surface area contributed by atoms with Gasteiger partial charge in [0.15, 0.2) is 0 Å². The van der Waals surface area contributed by atoms with Crippen LogP contribution in [0.5, 0.6) is 0 Å². The summed E-state index contributed by atoms with van der Waals surface area (Å²) >= 11 is 6.05. The van der Waals surface area contributed by atoms with E-state index in [1.165, 1.54) is 23.1 Å². The van der Waals surface area contributed by atoms with E-state index in [0.29, 0.717) is 28.4 Å². The molecule has 2 aromatic rings. The molecule has 0 aliphatic carbocycles. The zero-order chi connectivity index (χ0) is 18.8. The molecule has 0 saturated carbocycles. The molecule has 26 heavy (non-hydrogen) atoms. The molecule has 0 atom stereocenters. The summed E-state index contributed by atoms with van der Waals surface area (Å²) < 4.78 is 0. The van der Waals surface area contributed by atoms with Crippen molar-refractivity contribution in [1.82, 2.24) is 0 Å². The van der Waals surface area contributed by atoms with E-state index < -0.39 is 4.92 Å². The quantitative estimate of drug-likeness (QED) is 0.656. The minimum atomic E-state index is -0.477. The molecule has 0 unspecified atom stereocenters. The zero-order valence-electron chi connectivity index (χ0n) is 14.0. The molecular weight excluding hydrogens is 358 g/mol. The monoisotopic (exact) mass is 373 g/mol. The van der Waals surface area contributed by atoms with Gasteiger partial charge in [0.2, 0.25) is 11.8 Å². The fourth-order valence-corrected chi connectivity index (χ4v) is 3.03. The second-order valence-corrected chi connectivity index (χ2v) is 6.47. The van der Waals surface area contributed by atoms with Crippen molar-refractivity contribution in [3.8, 4) is 0 Å². The number of halogens is 1. The Morgan fingerprint density at radius 2 is 2.04 bits per heavy atom. The largest absolute Gasteiger partial charge is 0.324 e. The van der Waals surface area contributed by atoms with E-state index in [9.17, 15) is 19.7 Å². The highest BCUT2D eigenvalue weighted by molar-refractivity contribution is 6.31. The lowest BCUT2D eigenvalue weighted by Gasteiger charge is -2.28. The van der Waals surface area contributed by atoms with Gasteiger partial charge in [-0.15, -0.1) is 0 Å². The summed E-state index contributed by atoms with van der Waals surface area (Å²) in [6.07, 6.45) is 0.624. The Balaban J connectivity index is 1.78. The third kappa shape index (κ3) is 3.67. The minimum Gasteiger partial charge on any atom is -0.324 e. The average Bonchev–Trinajstić information content (AvgIpc) is 2.60. The molecule has 0 spiro atoms. The van der Waals surface area contributed by atoms with Gasteiger partial charge >= 0.3 is 0 Å². The topological polar surface area (TPSA) is 92.6 Å². The summed E-state index contributed by atoms with van der Waals surface area (Å²) in [5.41, 5.74) is 2.62. The predicted molar refractivity (Wildman–Crippen MR) is 98.6 cm³/mol. The SMILES string of the molecule is Cc1ccc(NC(=O)CN2C(=O)CCc3cc([N+](=O)[O-])ccc32)cc1Cl. The lowest BCUT2D eigenvalue weighted by molar-refractivity contribution is -0.384. The molecule has 0 saturated heterocycles. The molecule has 8 heteroatoms. The van der Waals surface area contributed by atoms with Crippen LogP contribution >= 0.6 is 11.6 Å². The highest BCUT2D eigenvalue weighted by Crippen LogP contribution is 2.31. The lowest BCUT2D eigenvalue weighted by Crippen LogP contribution is -2.40. The smallest absolute Gasteiger partial charge is 0.269 e. The van der Waals surface area contributed by atoms with Gasteiger partial charge in [0.1, 0.15) is 6.54 Å². The van der Waals surface area contributed by atoms with Gasteiger partial charge in [-0.05, 0) is 42.7 Å². The number of nitrogens with zero attached hydrogens (tertiary/aromatic N) is 2. The number of carbonyl (C=O) groups is 2. The molecule has 1 aliphatic rings. The normalized spacial score (nSPS) is 13.3. The molecule has 7 nitrogen and oxygen atoms in total. The van der Waals surface area contributed by atoms with Crippen LogP contribution in [0.1, 0.15) is 17.5 Å². The second kappa shape index (κ2) is 7.13. The molecule has 0 fully saturated rings. The Labute approximate surface area is 154 Å². The van der Waals surface area contributed by atoms with E-state index in [2.05, 4.69) is 5.32 Å². The molecule has 134 valence electrons. The van der Waals surface area contributed by atoms with Gasteiger partial charge in [-0.2, -0.15) is 0 Å². The van der Waals surface area contributed by atoms with Crippen LogP contribution in [0.4, 0.5) is 17.1 Å². The summed E-state index contributed by atoms with van der Waals surface area (Å²) in [6, 6.07) is 9.46. The minimum absolute atomic E-state index is 0.0307. The fraction of sp³-hybridized carbons (Fsp3) is 0.222. The van der Waals surface area contributed by atoms with Crippen LogP contribution in [-0.2, 0) is 16.0 Å².